The second-order valence-corrected chi connectivity index (χ2v) is 5.75. The molecule has 0 radical (unpaired) electrons. The molecule has 120 valence electrons. The molecule has 2 aromatic carbocycles. The van der Waals surface area contributed by atoms with Crippen molar-refractivity contribution in [3.05, 3.63) is 59.8 Å². The van der Waals surface area contributed by atoms with E-state index in [1.165, 1.54) is 0 Å². The molecular weight excluding hydrogens is 304 g/mol. The van der Waals surface area contributed by atoms with Gasteiger partial charge in [0.1, 0.15) is 5.69 Å². The monoisotopic (exact) mass is 320 g/mol. The molecule has 3 aromatic rings. The van der Waals surface area contributed by atoms with E-state index in [1.54, 1.807) is 18.2 Å². The first-order valence-electron chi connectivity index (χ1n) is 7.71. The van der Waals surface area contributed by atoms with E-state index < -0.39 is 0 Å². The van der Waals surface area contributed by atoms with Crippen LogP contribution >= 0.6 is 0 Å². The van der Waals surface area contributed by atoms with Gasteiger partial charge >= 0.3 is 0 Å². The number of nitrogens with two attached hydrogens (primary N) is 1. The normalized spacial score (nSPS) is 13.4. The number of rotatable bonds is 2. The first-order valence-corrected chi connectivity index (χ1v) is 7.71. The summed E-state index contributed by atoms with van der Waals surface area (Å²) in [6.07, 6.45) is 0. The lowest BCUT2D eigenvalue weighted by molar-refractivity contribution is 0.0928. The van der Waals surface area contributed by atoms with E-state index in [-0.39, 0.29) is 11.8 Å². The van der Waals surface area contributed by atoms with Crippen LogP contribution in [0.4, 0.5) is 11.4 Å². The van der Waals surface area contributed by atoms with Crippen LogP contribution in [0, 0.1) is 0 Å². The molecule has 2 amide bonds. The van der Waals surface area contributed by atoms with Crippen LogP contribution in [-0.2, 0) is 6.54 Å². The van der Waals surface area contributed by atoms with Gasteiger partial charge in [-0.05, 0) is 30.3 Å². The summed E-state index contributed by atoms with van der Waals surface area (Å²) in [6.45, 7) is 1.29. The van der Waals surface area contributed by atoms with Crippen LogP contribution < -0.4 is 16.4 Å². The zero-order valence-corrected chi connectivity index (χ0v) is 12.9. The number of carbonyl (C=O) groups is 2. The van der Waals surface area contributed by atoms with Crippen LogP contribution in [0.3, 0.4) is 0 Å². The van der Waals surface area contributed by atoms with Crippen molar-refractivity contribution in [2.75, 3.05) is 17.6 Å². The van der Waals surface area contributed by atoms with Gasteiger partial charge in [0.25, 0.3) is 11.8 Å². The molecule has 0 saturated heterocycles. The van der Waals surface area contributed by atoms with Crippen LogP contribution in [0.25, 0.3) is 10.9 Å². The Labute approximate surface area is 138 Å². The third-order valence-corrected chi connectivity index (χ3v) is 4.23. The topological polar surface area (TPSA) is 89.2 Å². The second-order valence-electron chi connectivity index (χ2n) is 5.75. The summed E-state index contributed by atoms with van der Waals surface area (Å²) in [5, 5.41) is 6.58. The fourth-order valence-electron chi connectivity index (χ4n) is 3.00. The highest BCUT2D eigenvalue weighted by Gasteiger charge is 2.20. The molecular formula is C18H16N4O2. The number of nitrogens with zero attached hydrogens (tertiary/aromatic N) is 1. The van der Waals surface area contributed by atoms with Crippen molar-refractivity contribution < 1.29 is 9.59 Å². The third kappa shape index (κ3) is 2.28. The van der Waals surface area contributed by atoms with Crippen LogP contribution in [0.2, 0.25) is 0 Å². The highest BCUT2D eigenvalue weighted by molar-refractivity contribution is 6.08. The van der Waals surface area contributed by atoms with E-state index >= 15 is 0 Å². The van der Waals surface area contributed by atoms with Gasteiger partial charge in [0.05, 0.1) is 11.4 Å². The summed E-state index contributed by atoms with van der Waals surface area (Å²) in [6, 6.07) is 14.4. The molecule has 0 bridgehead atoms. The molecule has 6 heteroatoms. The zero-order chi connectivity index (χ0) is 16.7. The summed E-state index contributed by atoms with van der Waals surface area (Å²) >= 11 is 0. The number of fused-ring (bicyclic) bond motifs is 3. The minimum Gasteiger partial charge on any atom is -0.397 e. The Morgan fingerprint density at radius 2 is 2.00 bits per heavy atom. The largest absolute Gasteiger partial charge is 0.397 e. The highest BCUT2D eigenvalue weighted by atomic mass is 16.2. The Kier molecular flexibility index (Phi) is 3.23. The van der Waals surface area contributed by atoms with Gasteiger partial charge in [-0.3, -0.25) is 9.59 Å². The van der Waals surface area contributed by atoms with E-state index in [2.05, 4.69) is 10.6 Å². The van der Waals surface area contributed by atoms with Crippen LogP contribution in [0.15, 0.2) is 48.5 Å². The molecule has 1 aromatic heterocycles. The number of amides is 2. The van der Waals surface area contributed by atoms with Gasteiger partial charge in [-0.2, -0.15) is 0 Å². The van der Waals surface area contributed by atoms with Gasteiger partial charge in [-0.1, -0.05) is 18.2 Å². The molecule has 4 rings (SSSR count). The summed E-state index contributed by atoms with van der Waals surface area (Å²) in [5.41, 5.74) is 9.00. The van der Waals surface area contributed by atoms with E-state index in [4.69, 9.17) is 5.73 Å². The predicted octanol–water partition coefficient (Wildman–Crippen LogP) is 2.22. The SMILES string of the molecule is Nc1ccccc1NC(=O)c1ccc2cc3n(c2c1)CCNC3=O. The summed E-state index contributed by atoms with van der Waals surface area (Å²) in [4.78, 5) is 24.4. The predicted molar refractivity (Wildman–Crippen MR) is 93.1 cm³/mol. The van der Waals surface area contributed by atoms with Crippen LogP contribution in [-0.4, -0.2) is 22.9 Å². The van der Waals surface area contributed by atoms with E-state index in [0.717, 1.165) is 10.9 Å². The average Bonchev–Trinajstić information content (AvgIpc) is 2.96. The Bertz CT molecular complexity index is 974. The number of aromatic nitrogens is 1. The van der Waals surface area contributed by atoms with Crippen LogP contribution in [0.5, 0.6) is 0 Å². The lowest BCUT2D eigenvalue weighted by atomic mass is 10.1. The smallest absolute Gasteiger partial charge is 0.268 e. The highest BCUT2D eigenvalue weighted by Crippen LogP contribution is 2.24. The fourth-order valence-corrected chi connectivity index (χ4v) is 3.00. The molecule has 2 heterocycles. The molecule has 1 aliphatic heterocycles. The maximum Gasteiger partial charge on any atom is 0.268 e. The molecule has 0 unspecified atom stereocenters. The molecule has 24 heavy (non-hydrogen) atoms. The quantitative estimate of drug-likeness (QED) is 0.633. The first kappa shape index (κ1) is 14.3. The zero-order valence-electron chi connectivity index (χ0n) is 12.9. The van der Waals surface area contributed by atoms with Gasteiger partial charge in [-0.15, -0.1) is 0 Å². The number of anilines is 2. The molecule has 0 spiro atoms. The van der Waals surface area contributed by atoms with Crippen LogP contribution in [0.1, 0.15) is 20.8 Å². The summed E-state index contributed by atoms with van der Waals surface area (Å²) in [5.74, 6) is -0.314. The Morgan fingerprint density at radius 3 is 2.83 bits per heavy atom. The van der Waals surface area contributed by atoms with Gasteiger partial charge in [0.2, 0.25) is 0 Å². The molecule has 0 aliphatic carbocycles. The van der Waals surface area contributed by atoms with Gasteiger partial charge in [-0.25, -0.2) is 0 Å². The molecule has 6 nitrogen and oxygen atoms in total. The number of carbonyl (C=O) groups excluding carboxylic acids is 2. The number of benzene rings is 2. The van der Waals surface area contributed by atoms with Crippen molar-refractivity contribution in [1.29, 1.82) is 0 Å². The van der Waals surface area contributed by atoms with Gasteiger partial charge in [0.15, 0.2) is 0 Å². The van der Waals surface area contributed by atoms with Gasteiger partial charge < -0.3 is 20.9 Å². The first-order chi connectivity index (χ1) is 11.6. The van der Waals surface area contributed by atoms with E-state index in [0.29, 0.717) is 35.7 Å². The van der Waals surface area contributed by atoms with Crippen molar-refractivity contribution >= 4 is 34.1 Å². The third-order valence-electron chi connectivity index (χ3n) is 4.23. The van der Waals surface area contributed by atoms with Crippen molar-refractivity contribution in [3.63, 3.8) is 0 Å². The maximum atomic E-state index is 12.5. The number of nitrogen functional groups attached to an aromatic ring is 1. The molecule has 1 aliphatic rings. The minimum absolute atomic E-state index is 0.0829. The van der Waals surface area contributed by atoms with Crippen molar-refractivity contribution in [2.45, 2.75) is 6.54 Å². The Balaban J connectivity index is 1.71. The second kappa shape index (κ2) is 5.42. The van der Waals surface area contributed by atoms with Crippen molar-refractivity contribution in [1.82, 2.24) is 9.88 Å². The molecule has 4 N–H and O–H groups in total. The summed E-state index contributed by atoms with van der Waals surface area (Å²) in [7, 11) is 0. The number of para-hydroxylation sites is 2. The molecule has 0 saturated carbocycles. The molecule has 0 atom stereocenters. The summed E-state index contributed by atoms with van der Waals surface area (Å²) < 4.78 is 1.95. The van der Waals surface area contributed by atoms with Crippen molar-refractivity contribution in [2.24, 2.45) is 0 Å². The number of nitrogens with one attached hydrogen (secondary N) is 2. The number of hydrogen-bond acceptors (Lipinski definition) is 3. The Hall–Kier alpha value is -3.28. The standard InChI is InChI=1S/C18H16N4O2/c19-13-3-1-2-4-14(13)21-17(23)12-6-5-11-9-16-18(24)20-7-8-22(16)15(11)10-12/h1-6,9-10H,7-8,19H2,(H,20,24)(H,21,23). The maximum absolute atomic E-state index is 12.5. The number of hydrogen-bond donors (Lipinski definition) is 3. The lowest BCUT2D eigenvalue weighted by Gasteiger charge is -2.16. The molecule has 0 fully saturated rings. The lowest BCUT2D eigenvalue weighted by Crippen LogP contribution is -2.34. The minimum atomic E-state index is -0.231. The fraction of sp³-hybridized carbons (Fsp3) is 0.111. The van der Waals surface area contributed by atoms with Crippen molar-refractivity contribution in [3.8, 4) is 0 Å². The average molecular weight is 320 g/mol. The van der Waals surface area contributed by atoms with Gasteiger partial charge in [0, 0.05) is 29.6 Å². The van der Waals surface area contributed by atoms with E-state index in [9.17, 15) is 9.59 Å². The Morgan fingerprint density at radius 1 is 1.17 bits per heavy atom. The van der Waals surface area contributed by atoms with E-state index in [1.807, 2.05) is 34.9 Å².